The Kier molecular flexibility index (Phi) is 3.45. The van der Waals surface area contributed by atoms with Crippen LogP contribution in [-0.2, 0) is 5.88 Å². The van der Waals surface area contributed by atoms with Crippen LogP contribution in [0.15, 0.2) is 18.2 Å². The Morgan fingerprint density at radius 1 is 1.12 bits per heavy atom. The van der Waals surface area contributed by atoms with Crippen LogP contribution < -0.4 is 0 Å². The molecule has 0 fully saturated rings. The van der Waals surface area contributed by atoms with Crippen molar-refractivity contribution in [3.05, 3.63) is 45.7 Å². The summed E-state index contributed by atoms with van der Waals surface area (Å²) in [5.41, 5.74) is 5.14. The molecule has 0 aliphatic carbocycles. The van der Waals surface area contributed by atoms with Crippen molar-refractivity contribution in [2.75, 3.05) is 0 Å². The number of hydrogen-bond donors (Lipinski definition) is 0. The van der Waals surface area contributed by atoms with Gasteiger partial charge in [-0.2, -0.15) is 5.10 Å². The number of rotatable bonds is 2. The fraction of sp³-hybridized carbons (Fsp3) is 0.308. The first-order valence-electron chi connectivity index (χ1n) is 5.41. The third-order valence-corrected chi connectivity index (χ3v) is 3.36. The summed E-state index contributed by atoms with van der Waals surface area (Å²) < 4.78 is 1.74. The highest BCUT2D eigenvalue weighted by molar-refractivity contribution is 6.31. The van der Waals surface area contributed by atoms with Crippen molar-refractivity contribution in [2.45, 2.75) is 26.7 Å². The Morgan fingerprint density at radius 3 is 2.18 bits per heavy atom. The third-order valence-electron chi connectivity index (χ3n) is 2.71. The molecule has 2 aromatic rings. The molecule has 2 rings (SSSR count). The van der Waals surface area contributed by atoms with Crippen molar-refractivity contribution in [2.24, 2.45) is 0 Å². The lowest BCUT2D eigenvalue weighted by atomic mass is 10.1. The van der Waals surface area contributed by atoms with E-state index in [-0.39, 0.29) is 0 Å². The maximum Gasteiger partial charge on any atom is 0.137 e. The van der Waals surface area contributed by atoms with Crippen LogP contribution in [0.1, 0.15) is 22.4 Å². The van der Waals surface area contributed by atoms with Gasteiger partial charge in [0.25, 0.3) is 0 Å². The molecular formula is C13H14Cl2N2. The van der Waals surface area contributed by atoms with Gasteiger partial charge in [-0.05, 0) is 44.0 Å². The van der Waals surface area contributed by atoms with E-state index in [1.165, 1.54) is 11.1 Å². The lowest BCUT2D eigenvalue weighted by Gasteiger charge is -2.06. The zero-order chi connectivity index (χ0) is 12.6. The Bertz CT molecular complexity index is 539. The highest BCUT2D eigenvalue weighted by Gasteiger charge is 2.13. The molecular weight excluding hydrogens is 255 g/mol. The van der Waals surface area contributed by atoms with Crippen molar-refractivity contribution in [1.29, 1.82) is 0 Å². The highest BCUT2D eigenvalue weighted by atomic mass is 35.5. The van der Waals surface area contributed by atoms with Crippen molar-refractivity contribution < 1.29 is 0 Å². The second-order valence-corrected chi connectivity index (χ2v) is 4.87. The Labute approximate surface area is 111 Å². The number of halogens is 2. The number of benzene rings is 1. The standard InChI is InChI=1S/C13H14Cl2N2/c1-8-4-9(2)6-11(5-8)17-13(15)12(7-14)10(3)16-17/h4-6H,7H2,1-3H3. The molecule has 0 unspecified atom stereocenters. The Hall–Kier alpha value is -0.990. The molecule has 0 aliphatic rings. The smallest absolute Gasteiger partial charge is 0.137 e. The van der Waals surface area contributed by atoms with Crippen LogP contribution in [0, 0.1) is 20.8 Å². The van der Waals surface area contributed by atoms with Crippen LogP contribution in [-0.4, -0.2) is 9.78 Å². The van der Waals surface area contributed by atoms with Gasteiger partial charge < -0.3 is 0 Å². The quantitative estimate of drug-likeness (QED) is 0.747. The second kappa shape index (κ2) is 4.71. The number of aryl methyl sites for hydroxylation is 3. The zero-order valence-electron chi connectivity index (χ0n) is 10.1. The number of alkyl halides is 1. The topological polar surface area (TPSA) is 17.8 Å². The van der Waals surface area contributed by atoms with Crippen molar-refractivity contribution >= 4 is 23.2 Å². The maximum atomic E-state index is 6.28. The third kappa shape index (κ3) is 2.33. The molecule has 1 aromatic carbocycles. The van der Waals surface area contributed by atoms with Crippen LogP contribution in [0.5, 0.6) is 0 Å². The number of nitrogens with zero attached hydrogens (tertiary/aromatic N) is 2. The first kappa shape index (κ1) is 12.5. The molecule has 17 heavy (non-hydrogen) atoms. The van der Waals surface area contributed by atoms with Crippen LogP contribution in [0.2, 0.25) is 5.15 Å². The van der Waals surface area contributed by atoms with Crippen molar-refractivity contribution in [3.63, 3.8) is 0 Å². The molecule has 0 amide bonds. The first-order chi connectivity index (χ1) is 8.02. The Balaban J connectivity index is 2.60. The van der Waals surface area contributed by atoms with Gasteiger partial charge in [0.1, 0.15) is 5.15 Å². The maximum absolute atomic E-state index is 6.28. The van der Waals surface area contributed by atoms with Crippen LogP contribution >= 0.6 is 23.2 Å². The van der Waals surface area contributed by atoms with Gasteiger partial charge in [-0.3, -0.25) is 0 Å². The largest absolute Gasteiger partial charge is 0.222 e. The SMILES string of the molecule is Cc1cc(C)cc(-n2nc(C)c(CCl)c2Cl)c1. The van der Waals surface area contributed by atoms with Gasteiger partial charge in [-0.15, -0.1) is 11.6 Å². The molecule has 0 radical (unpaired) electrons. The molecule has 90 valence electrons. The molecule has 0 saturated carbocycles. The van der Waals surface area contributed by atoms with Crippen LogP contribution in [0.4, 0.5) is 0 Å². The van der Waals surface area contributed by atoms with E-state index in [0.717, 1.165) is 16.9 Å². The van der Waals surface area contributed by atoms with E-state index in [0.29, 0.717) is 11.0 Å². The summed E-state index contributed by atoms with van der Waals surface area (Å²) in [6.07, 6.45) is 0. The van der Waals surface area contributed by atoms with Crippen LogP contribution in [0.3, 0.4) is 0 Å². The van der Waals surface area contributed by atoms with E-state index in [1.54, 1.807) is 4.68 Å². The van der Waals surface area contributed by atoms with E-state index >= 15 is 0 Å². The van der Waals surface area contributed by atoms with Crippen molar-refractivity contribution in [1.82, 2.24) is 9.78 Å². The minimum absolute atomic E-state index is 0.384. The summed E-state index contributed by atoms with van der Waals surface area (Å²) in [4.78, 5) is 0. The fourth-order valence-corrected chi connectivity index (χ4v) is 2.65. The van der Waals surface area contributed by atoms with Gasteiger partial charge in [0.2, 0.25) is 0 Å². The van der Waals surface area contributed by atoms with Gasteiger partial charge in [0, 0.05) is 5.56 Å². The molecule has 0 aliphatic heterocycles. The average molecular weight is 269 g/mol. The number of hydrogen-bond acceptors (Lipinski definition) is 1. The predicted molar refractivity (Wildman–Crippen MR) is 72.3 cm³/mol. The molecule has 4 heteroatoms. The Morgan fingerprint density at radius 2 is 1.71 bits per heavy atom. The monoisotopic (exact) mass is 268 g/mol. The van der Waals surface area contributed by atoms with E-state index < -0.39 is 0 Å². The summed E-state index contributed by atoms with van der Waals surface area (Å²) in [5, 5.41) is 5.03. The minimum atomic E-state index is 0.384. The lowest BCUT2D eigenvalue weighted by Crippen LogP contribution is -1.98. The van der Waals surface area contributed by atoms with Gasteiger partial charge in [0.15, 0.2) is 0 Å². The van der Waals surface area contributed by atoms with Gasteiger partial charge in [0.05, 0.1) is 17.3 Å². The summed E-state index contributed by atoms with van der Waals surface area (Å²) in [5.74, 6) is 0.384. The lowest BCUT2D eigenvalue weighted by molar-refractivity contribution is 0.861. The van der Waals surface area contributed by atoms with Gasteiger partial charge >= 0.3 is 0 Å². The minimum Gasteiger partial charge on any atom is -0.222 e. The molecule has 0 spiro atoms. The summed E-state index contributed by atoms with van der Waals surface area (Å²) in [7, 11) is 0. The summed E-state index contributed by atoms with van der Waals surface area (Å²) in [6.45, 7) is 6.04. The predicted octanol–water partition coefficient (Wildman–Crippen LogP) is 4.19. The zero-order valence-corrected chi connectivity index (χ0v) is 11.6. The molecule has 0 saturated heterocycles. The molecule has 2 nitrogen and oxygen atoms in total. The average Bonchev–Trinajstić information content (AvgIpc) is 2.52. The van der Waals surface area contributed by atoms with Gasteiger partial charge in [-0.1, -0.05) is 17.7 Å². The molecule has 0 atom stereocenters. The van der Waals surface area contributed by atoms with Crippen molar-refractivity contribution in [3.8, 4) is 5.69 Å². The highest BCUT2D eigenvalue weighted by Crippen LogP contribution is 2.25. The number of aromatic nitrogens is 2. The fourth-order valence-electron chi connectivity index (χ4n) is 1.93. The summed E-state index contributed by atoms with van der Waals surface area (Å²) in [6, 6.07) is 6.24. The second-order valence-electron chi connectivity index (χ2n) is 4.25. The van der Waals surface area contributed by atoms with E-state index in [9.17, 15) is 0 Å². The summed E-state index contributed by atoms with van der Waals surface area (Å²) >= 11 is 12.1. The van der Waals surface area contributed by atoms with E-state index in [1.807, 2.05) is 6.92 Å². The van der Waals surface area contributed by atoms with Crippen LogP contribution in [0.25, 0.3) is 5.69 Å². The molecule has 0 bridgehead atoms. The van der Waals surface area contributed by atoms with Gasteiger partial charge in [-0.25, -0.2) is 4.68 Å². The van der Waals surface area contributed by atoms with E-state index in [4.69, 9.17) is 23.2 Å². The molecule has 1 heterocycles. The molecule has 1 aromatic heterocycles. The molecule has 0 N–H and O–H groups in total. The first-order valence-corrected chi connectivity index (χ1v) is 6.33. The van der Waals surface area contributed by atoms with E-state index in [2.05, 4.69) is 37.1 Å². The normalized spacial score (nSPS) is 10.9.